The van der Waals surface area contributed by atoms with Gasteiger partial charge in [0.2, 0.25) is 5.91 Å². The lowest BCUT2D eigenvalue weighted by Crippen LogP contribution is -2.62. The standard InChI is InChI=1S/C24H32N2O/c1-23-13-10-21-18(11-15-26-22(27)7-3-4-12-24(21,26)2)20(23)9-8-19(23)17-6-5-14-25-16-17/h5-6,8,14,16,18,20-21H,3-4,7,9-13,15H2,1-2H3/t18-,20-,21?,23+,24+/m0/s1. The molecule has 0 N–H and O–H groups in total. The summed E-state index contributed by atoms with van der Waals surface area (Å²) in [5, 5.41) is 0. The zero-order chi connectivity index (χ0) is 18.6. The molecule has 5 rings (SSSR count). The predicted molar refractivity (Wildman–Crippen MR) is 108 cm³/mol. The molecule has 1 amide bonds. The van der Waals surface area contributed by atoms with Crippen molar-refractivity contribution >= 4 is 11.5 Å². The van der Waals surface area contributed by atoms with Gasteiger partial charge in [-0.25, -0.2) is 0 Å². The highest BCUT2D eigenvalue weighted by atomic mass is 16.2. The van der Waals surface area contributed by atoms with Gasteiger partial charge in [0.1, 0.15) is 0 Å². The van der Waals surface area contributed by atoms with Crippen LogP contribution in [0.4, 0.5) is 0 Å². The molecule has 2 aliphatic heterocycles. The summed E-state index contributed by atoms with van der Waals surface area (Å²) >= 11 is 0. The molecule has 2 aliphatic carbocycles. The van der Waals surface area contributed by atoms with Crippen LogP contribution in [0, 0.1) is 23.2 Å². The van der Waals surface area contributed by atoms with Crippen LogP contribution in [0.1, 0.15) is 70.8 Å². The maximum absolute atomic E-state index is 12.8. The molecule has 144 valence electrons. The molecule has 3 heterocycles. The lowest BCUT2D eigenvalue weighted by atomic mass is 9.52. The van der Waals surface area contributed by atoms with Crippen LogP contribution in [0.25, 0.3) is 5.57 Å². The van der Waals surface area contributed by atoms with Crippen LogP contribution < -0.4 is 0 Å². The van der Waals surface area contributed by atoms with Crippen molar-refractivity contribution in [1.82, 2.24) is 9.88 Å². The summed E-state index contributed by atoms with van der Waals surface area (Å²) in [7, 11) is 0. The normalized spacial score (nSPS) is 41.3. The minimum absolute atomic E-state index is 0.0921. The second kappa shape index (κ2) is 6.18. The predicted octanol–water partition coefficient (Wildman–Crippen LogP) is 5.08. The van der Waals surface area contributed by atoms with Crippen LogP contribution in [0.5, 0.6) is 0 Å². The Bertz CT molecular complexity index is 772. The van der Waals surface area contributed by atoms with E-state index in [-0.39, 0.29) is 11.0 Å². The van der Waals surface area contributed by atoms with Crippen LogP contribution in [-0.2, 0) is 4.79 Å². The number of hydrogen-bond donors (Lipinski definition) is 0. The van der Waals surface area contributed by atoms with Gasteiger partial charge in [-0.05, 0) is 85.8 Å². The van der Waals surface area contributed by atoms with E-state index in [4.69, 9.17) is 0 Å². The minimum atomic E-state index is 0.0921. The van der Waals surface area contributed by atoms with Crippen molar-refractivity contribution in [2.24, 2.45) is 23.2 Å². The lowest BCUT2D eigenvalue weighted by molar-refractivity contribution is -0.150. The smallest absolute Gasteiger partial charge is 0.223 e. The van der Waals surface area contributed by atoms with E-state index in [1.165, 1.54) is 49.7 Å². The second-order valence-electron chi connectivity index (χ2n) is 9.83. The Balaban J connectivity index is 1.47. The molecular formula is C24H32N2O. The van der Waals surface area contributed by atoms with Crippen molar-refractivity contribution < 1.29 is 4.79 Å². The first-order valence-corrected chi connectivity index (χ1v) is 11.0. The maximum Gasteiger partial charge on any atom is 0.223 e. The van der Waals surface area contributed by atoms with Gasteiger partial charge in [-0.2, -0.15) is 0 Å². The summed E-state index contributed by atoms with van der Waals surface area (Å²) in [4.78, 5) is 19.4. The topological polar surface area (TPSA) is 33.2 Å². The van der Waals surface area contributed by atoms with Crippen LogP contribution in [0.3, 0.4) is 0 Å². The first-order valence-electron chi connectivity index (χ1n) is 11.0. The third-order valence-corrected chi connectivity index (χ3v) is 8.72. The van der Waals surface area contributed by atoms with E-state index in [0.717, 1.165) is 31.2 Å². The molecule has 5 atom stereocenters. The van der Waals surface area contributed by atoms with Crippen LogP contribution in [0.15, 0.2) is 30.6 Å². The Morgan fingerprint density at radius 3 is 2.85 bits per heavy atom. The molecule has 0 bridgehead atoms. The number of amides is 1. The van der Waals surface area contributed by atoms with E-state index in [0.29, 0.717) is 11.8 Å². The Morgan fingerprint density at radius 2 is 2.04 bits per heavy atom. The molecule has 27 heavy (non-hydrogen) atoms. The fraction of sp³-hybridized carbons (Fsp3) is 0.667. The minimum Gasteiger partial charge on any atom is -0.337 e. The summed E-state index contributed by atoms with van der Waals surface area (Å²) in [5.41, 5.74) is 3.21. The van der Waals surface area contributed by atoms with Crippen molar-refractivity contribution in [3.05, 3.63) is 36.2 Å². The SMILES string of the molecule is C[C@]12CCC3[C@@H](CCN4C(=O)CCCC[C@]34C)[C@@H]1CC=C2c1cccnc1. The lowest BCUT2D eigenvalue weighted by Gasteiger charge is -2.59. The number of fused-ring (bicyclic) bond motifs is 5. The van der Waals surface area contributed by atoms with Crippen molar-refractivity contribution in [2.45, 2.75) is 70.8 Å². The fourth-order valence-corrected chi connectivity index (χ4v) is 7.36. The van der Waals surface area contributed by atoms with E-state index in [2.05, 4.69) is 41.9 Å². The summed E-state index contributed by atoms with van der Waals surface area (Å²) in [6.45, 7) is 5.90. The zero-order valence-electron chi connectivity index (χ0n) is 16.8. The molecule has 3 fully saturated rings. The average Bonchev–Trinajstić information content (AvgIpc) is 2.95. The molecule has 1 aromatic heterocycles. The molecule has 1 unspecified atom stereocenters. The van der Waals surface area contributed by atoms with Gasteiger partial charge < -0.3 is 4.90 Å². The molecule has 1 aromatic rings. The third-order valence-electron chi connectivity index (χ3n) is 8.72. The Hall–Kier alpha value is -1.64. The van der Waals surface area contributed by atoms with E-state index in [9.17, 15) is 4.79 Å². The maximum atomic E-state index is 12.8. The molecule has 2 saturated heterocycles. The molecule has 0 aromatic carbocycles. The number of hydrogen-bond acceptors (Lipinski definition) is 2. The van der Waals surface area contributed by atoms with Crippen molar-refractivity contribution in [3.63, 3.8) is 0 Å². The van der Waals surface area contributed by atoms with Gasteiger partial charge in [0.15, 0.2) is 0 Å². The zero-order valence-corrected chi connectivity index (χ0v) is 16.8. The van der Waals surface area contributed by atoms with Gasteiger partial charge >= 0.3 is 0 Å². The quantitative estimate of drug-likeness (QED) is 0.696. The number of allylic oxidation sites excluding steroid dienone is 2. The summed E-state index contributed by atoms with van der Waals surface area (Å²) in [6.07, 6.45) is 15.6. The van der Waals surface area contributed by atoms with Crippen LogP contribution in [-0.4, -0.2) is 27.9 Å². The van der Waals surface area contributed by atoms with Gasteiger partial charge in [-0.15, -0.1) is 0 Å². The van der Waals surface area contributed by atoms with Crippen LogP contribution >= 0.6 is 0 Å². The third kappa shape index (κ3) is 2.46. The number of aromatic nitrogens is 1. The Kier molecular flexibility index (Phi) is 4.00. The number of pyridine rings is 1. The molecular weight excluding hydrogens is 332 g/mol. The van der Waals surface area contributed by atoms with E-state index >= 15 is 0 Å². The second-order valence-corrected chi connectivity index (χ2v) is 9.83. The van der Waals surface area contributed by atoms with Gasteiger partial charge in [-0.1, -0.05) is 25.5 Å². The van der Waals surface area contributed by atoms with Gasteiger partial charge in [0.25, 0.3) is 0 Å². The highest BCUT2D eigenvalue weighted by Gasteiger charge is 2.58. The number of rotatable bonds is 1. The molecule has 0 radical (unpaired) electrons. The first kappa shape index (κ1) is 17.5. The number of carbonyl (C=O) groups excluding carboxylic acids is 1. The highest BCUT2D eigenvalue weighted by molar-refractivity contribution is 5.77. The molecule has 3 heteroatoms. The first-order chi connectivity index (χ1) is 13.0. The molecule has 3 nitrogen and oxygen atoms in total. The van der Waals surface area contributed by atoms with Crippen molar-refractivity contribution in [2.75, 3.05) is 6.54 Å². The summed E-state index contributed by atoms with van der Waals surface area (Å²) in [6, 6.07) is 4.29. The van der Waals surface area contributed by atoms with E-state index < -0.39 is 0 Å². The average molecular weight is 365 g/mol. The summed E-state index contributed by atoms with van der Waals surface area (Å²) in [5.74, 6) is 2.57. The Morgan fingerprint density at radius 1 is 1.15 bits per heavy atom. The van der Waals surface area contributed by atoms with Crippen molar-refractivity contribution in [3.8, 4) is 0 Å². The van der Waals surface area contributed by atoms with E-state index in [1.54, 1.807) is 0 Å². The number of piperidine rings is 1. The molecule has 4 aliphatic rings. The number of carbonyl (C=O) groups is 1. The summed E-state index contributed by atoms with van der Waals surface area (Å²) < 4.78 is 0. The largest absolute Gasteiger partial charge is 0.337 e. The van der Waals surface area contributed by atoms with Gasteiger partial charge in [-0.3, -0.25) is 9.78 Å². The monoisotopic (exact) mass is 364 g/mol. The Labute approximate surface area is 163 Å². The van der Waals surface area contributed by atoms with E-state index in [1.807, 2.05) is 12.4 Å². The van der Waals surface area contributed by atoms with Gasteiger partial charge in [0, 0.05) is 30.9 Å². The highest BCUT2D eigenvalue weighted by Crippen LogP contribution is 2.63. The van der Waals surface area contributed by atoms with Crippen molar-refractivity contribution in [1.29, 1.82) is 0 Å². The molecule has 0 spiro atoms. The number of nitrogens with zero attached hydrogens (tertiary/aromatic N) is 2. The van der Waals surface area contributed by atoms with Crippen LogP contribution in [0.2, 0.25) is 0 Å². The fourth-order valence-electron chi connectivity index (χ4n) is 7.36. The van der Waals surface area contributed by atoms with Gasteiger partial charge in [0.05, 0.1) is 0 Å². The molecule has 1 saturated carbocycles.